The van der Waals surface area contributed by atoms with E-state index in [2.05, 4.69) is 5.32 Å². The fraction of sp³-hybridized carbons (Fsp3) is 0.364. The van der Waals surface area contributed by atoms with Crippen LogP contribution in [0.3, 0.4) is 0 Å². The first kappa shape index (κ1) is 11.8. The number of nitrogens with two attached hydrogens (primary N) is 1. The first-order chi connectivity index (χ1) is 7.87. The van der Waals surface area contributed by atoms with Crippen LogP contribution in [0.2, 0.25) is 0 Å². The van der Waals surface area contributed by atoms with Crippen LogP contribution < -0.4 is 11.1 Å². The molecule has 0 saturated carbocycles. The number of thiocarbonyl (C=S) groups is 1. The van der Waals surface area contributed by atoms with Crippen molar-refractivity contribution in [3.8, 4) is 0 Å². The largest absolute Gasteiger partial charge is 0.393 e. The molecule has 0 amide bonds. The second-order valence-electron chi connectivity index (χ2n) is 4.69. The Morgan fingerprint density at radius 2 is 2.24 bits per heavy atom. The summed E-state index contributed by atoms with van der Waals surface area (Å²) < 4.78 is 0. The van der Waals surface area contributed by atoms with Gasteiger partial charge in [-0.1, -0.05) is 26.1 Å². The number of nitro groups is 1. The number of nitrogens with one attached hydrogen (secondary N) is 1. The van der Waals surface area contributed by atoms with Crippen LogP contribution in [0.25, 0.3) is 0 Å². The molecule has 0 aromatic heterocycles. The topological polar surface area (TPSA) is 81.2 Å². The molecule has 0 spiro atoms. The van der Waals surface area contributed by atoms with E-state index >= 15 is 0 Å². The smallest absolute Gasteiger partial charge is 0.294 e. The van der Waals surface area contributed by atoms with Gasteiger partial charge in [-0.25, -0.2) is 0 Å². The van der Waals surface area contributed by atoms with Gasteiger partial charge in [0.15, 0.2) is 0 Å². The summed E-state index contributed by atoms with van der Waals surface area (Å²) in [5, 5.41) is 15.6. The van der Waals surface area contributed by atoms with E-state index in [0.29, 0.717) is 0 Å². The third kappa shape index (κ3) is 1.64. The average molecular weight is 251 g/mol. The minimum atomic E-state index is -0.477. The summed E-state index contributed by atoms with van der Waals surface area (Å²) in [7, 11) is 0. The SMILES string of the molecule is CC1(C)c2cc(N)c([N+](=O)[O-])cc2NC1C=S. The zero-order valence-corrected chi connectivity index (χ0v) is 10.4. The molecule has 0 radical (unpaired) electrons. The van der Waals surface area contributed by atoms with Crippen molar-refractivity contribution in [1.29, 1.82) is 0 Å². The zero-order valence-electron chi connectivity index (χ0n) is 9.56. The summed E-state index contributed by atoms with van der Waals surface area (Å²) in [5.74, 6) is 0. The predicted octanol–water partition coefficient (Wildman–Crippen LogP) is 2.25. The van der Waals surface area contributed by atoms with E-state index in [1.807, 2.05) is 13.8 Å². The molecule has 0 fully saturated rings. The third-order valence-corrected chi connectivity index (χ3v) is 3.55. The third-order valence-electron chi connectivity index (χ3n) is 3.28. The summed E-state index contributed by atoms with van der Waals surface area (Å²) in [6.45, 7) is 4.06. The summed E-state index contributed by atoms with van der Waals surface area (Å²) >= 11 is 4.97. The number of hydrogen-bond donors (Lipinski definition) is 2. The molecule has 1 heterocycles. The van der Waals surface area contributed by atoms with E-state index in [9.17, 15) is 10.1 Å². The van der Waals surface area contributed by atoms with Gasteiger partial charge in [-0.3, -0.25) is 10.1 Å². The molecule has 5 nitrogen and oxygen atoms in total. The van der Waals surface area contributed by atoms with Crippen LogP contribution in [0.15, 0.2) is 12.1 Å². The Bertz CT molecular complexity index is 514. The molecule has 0 aliphatic carbocycles. The first-order valence-corrected chi connectivity index (χ1v) is 5.65. The molecule has 0 saturated heterocycles. The van der Waals surface area contributed by atoms with Gasteiger partial charge >= 0.3 is 0 Å². The van der Waals surface area contributed by atoms with E-state index in [-0.39, 0.29) is 22.8 Å². The van der Waals surface area contributed by atoms with Crippen molar-refractivity contribution in [2.45, 2.75) is 25.3 Å². The maximum atomic E-state index is 10.8. The first-order valence-electron chi connectivity index (χ1n) is 5.18. The second kappa shape index (κ2) is 3.66. The number of fused-ring (bicyclic) bond motifs is 1. The Morgan fingerprint density at radius 3 is 2.76 bits per heavy atom. The van der Waals surface area contributed by atoms with Gasteiger partial charge in [0.1, 0.15) is 5.69 Å². The molecular weight excluding hydrogens is 238 g/mol. The number of benzene rings is 1. The molecule has 90 valence electrons. The Balaban J connectivity index is 2.60. The molecule has 0 bridgehead atoms. The van der Waals surface area contributed by atoms with E-state index < -0.39 is 4.92 Å². The molecule has 6 heteroatoms. The normalized spacial score (nSPS) is 20.5. The number of nitrogen functional groups attached to an aromatic ring is 1. The number of nitrogens with zero attached hydrogens (tertiary/aromatic N) is 1. The van der Waals surface area contributed by atoms with Crippen molar-refractivity contribution in [3.05, 3.63) is 27.8 Å². The summed E-state index contributed by atoms with van der Waals surface area (Å²) in [6, 6.07) is 3.12. The molecular formula is C11H13N3O2S. The van der Waals surface area contributed by atoms with Gasteiger partial charge in [-0.2, -0.15) is 0 Å². The lowest BCUT2D eigenvalue weighted by molar-refractivity contribution is -0.383. The maximum absolute atomic E-state index is 10.8. The van der Waals surface area contributed by atoms with Gasteiger partial charge in [0, 0.05) is 22.5 Å². The van der Waals surface area contributed by atoms with Gasteiger partial charge in [-0.15, -0.1) is 0 Å². The molecule has 1 unspecified atom stereocenters. The van der Waals surface area contributed by atoms with E-state index in [1.165, 1.54) is 6.07 Å². The number of rotatable bonds is 2. The highest BCUT2D eigenvalue weighted by molar-refractivity contribution is 7.79. The molecule has 1 aliphatic rings. The van der Waals surface area contributed by atoms with E-state index in [4.69, 9.17) is 18.0 Å². The van der Waals surface area contributed by atoms with Crippen LogP contribution in [-0.2, 0) is 5.41 Å². The van der Waals surface area contributed by atoms with Crippen LogP contribution >= 0.6 is 12.2 Å². The lowest BCUT2D eigenvalue weighted by Crippen LogP contribution is -2.33. The number of anilines is 2. The van der Waals surface area contributed by atoms with Crippen molar-refractivity contribution in [1.82, 2.24) is 0 Å². The van der Waals surface area contributed by atoms with Crippen molar-refractivity contribution in [3.63, 3.8) is 0 Å². The minimum absolute atomic E-state index is 0.0195. The fourth-order valence-electron chi connectivity index (χ4n) is 2.14. The zero-order chi connectivity index (χ0) is 12.8. The fourth-order valence-corrected chi connectivity index (χ4v) is 2.54. The summed E-state index contributed by atoms with van der Waals surface area (Å²) in [5.41, 5.74) is 7.31. The highest BCUT2D eigenvalue weighted by atomic mass is 32.1. The van der Waals surface area contributed by atoms with Gasteiger partial charge in [0.05, 0.1) is 11.0 Å². The Kier molecular flexibility index (Phi) is 2.54. The molecule has 3 N–H and O–H groups in total. The van der Waals surface area contributed by atoms with Gasteiger partial charge < -0.3 is 11.1 Å². The molecule has 1 aromatic rings. The molecule has 1 aromatic carbocycles. The lowest BCUT2D eigenvalue weighted by Gasteiger charge is -2.24. The lowest BCUT2D eigenvalue weighted by atomic mass is 9.81. The van der Waals surface area contributed by atoms with Crippen molar-refractivity contribution < 1.29 is 4.92 Å². The van der Waals surface area contributed by atoms with Gasteiger partial charge in [0.2, 0.25) is 0 Å². The van der Waals surface area contributed by atoms with E-state index in [1.54, 1.807) is 11.4 Å². The van der Waals surface area contributed by atoms with Crippen molar-refractivity contribution in [2.75, 3.05) is 11.1 Å². The minimum Gasteiger partial charge on any atom is -0.393 e. The van der Waals surface area contributed by atoms with Crippen LogP contribution in [-0.4, -0.2) is 16.3 Å². The van der Waals surface area contributed by atoms with Crippen molar-refractivity contribution in [2.24, 2.45) is 0 Å². The molecule has 2 rings (SSSR count). The Labute approximate surface area is 104 Å². The Morgan fingerprint density at radius 1 is 1.59 bits per heavy atom. The van der Waals surface area contributed by atoms with Crippen LogP contribution in [0.1, 0.15) is 19.4 Å². The second-order valence-corrected chi connectivity index (χ2v) is 4.97. The summed E-state index contributed by atoms with van der Waals surface area (Å²) in [6.07, 6.45) is 0. The highest BCUT2D eigenvalue weighted by Gasteiger charge is 2.39. The quantitative estimate of drug-likeness (QED) is 0.364. The van der Waals surface area contributed by atoms with Crippen LogP contribution in [0.4, 0.5) is 17.1 Å². The average Bonchev–Trinajstić information content (AvgIpc) is 2.49. The maximum Gasteiger partial charge on any atom is 0.294 e. The van der Waals surface area contributed by atoms with Crippen LogP contribution in [0.5, 0.6) is 0 Å². The van der Waals surface area contributed by atoms with Crippen LogP contribution in [0, 0.1) is 10.1 Å². The summed E-state index contributed by atoms with van der Waals surface area (Å²) in [4.78, 5) is 10.3. The number of hydrogen-bond acceptors (Lipinski definition) is 5. The standard InChI is InChI=1S/C11H13N3O2S/c1-11(2)6-3-7(12)9(14(15)16)4-8(6)13-10(11)5-17/h3-5,10,13H,12H2,1-2H3. The Hall–Kier alpha value is -1.69. The predicted molar refractivity (Wildman–Crippen MR) is 71.6 cm³/mol. The molecule has 17 heavy (non-hydrogen) atoms. The molecule has 1 atom stereocenters. The van der Waals surface area contributed by atoms with E-state index in [0.717, 1.165) is 11.3 Å². The van der Waals surface area contributed by atoms with Crippen molar-refractivity contribution >= 4 is 34.6 Å². The highest BCUT2D eigenvalue weighted by Crippen LogP contribution is 2.43. The molecule has 1 aliphatic heterocycles. The van der Waals surface area contributed by atoms with Gasteiger partial charge in [-0.05, 0) is 11.6 Å². The number of nitro benzene ring substituents is 1. The van der Waals surface area contributed by atoms with Gasteiger partial charge in [0.25, 0.3) is 5.69 Å². The monoisotopic (exact) mass is 251 g/mol.